The molecule has 2 aliphatic rings. The first-order valence-electron chi connectivity index (χ1n) is 7.24. The van der Waals surface area contributed by atoms with Crippen LogP contribution in [0, 0.1) is 11.3 Å². The highest BCUT2D eigenvalue weighted by atomic mass is 14.5. The minimum Gasteiger partial charge on any atom is -0.0881 e. The molecule has 0 nitrogen and oxygen atoms in total. The molecule has 0 aromatic rings. The molecule has 2 fully saturated rings. The highest BCUT2D eigenvalue weighted by Gasteiger charge is 2.48. The van der Waals surface area contributed by atoms with Gasteiger partial charge < -0.3 is 0 Å². The third-order valence-electron chi connectivity index (χ3n) is 4.64. The van der Waals surface area contributed by atoms with Gasteiger partial charge in [0.2, 0.25) is 0 Å². The summed E-state index contributed by atoms with van der Waals surface area (Å²) in [4.78, 5) is 0. The molecule has 0 radical (unpaired) electrons. The van der Waals surface area contributed by atoms with Crippen molar-refractivity contribution in [1.29, 1.82) is 0 Å². The van der Waals surface area contributed by atoms with Crippen LogP contribution in [-0.4, -0.2) is 0 Å². The molecule has 2 saturated carbocycles. The van der Waals surface area contributed by atoms with Gasteiger partial charge in [-0.15, -0.1) is 0 Å². The fraction of sp³-hybridized carbons (Fsp3) is 0.647. The van der Waals surface area contributed by atoms with Crippen molar-refractivity contribution in [3.8, 4) is 0 Å². The predicted octanol–water partition coefficient (Wildman–Crippen LogP) is 5.43. The minimum absolute atomic E-state index is 0.412. The largest absolute Gasteiger partial charge is 0.0881 e. The molecule has 94 valence electrons. The van der Waals surface area contributed by atoms with E-state index in [1.165, 1.54) is 38.5 Å². The van der Waals surface area contributed by atoms with Gasteiger partial charge in [0.15, 0.2) is 0 Å². The lowest BCUT2D eigenvalue weighted by Gasteiger charge is -2.27. The molecular formula is C17H26. The third-order valence-corrected chi connectivity index (χ3v) is 4.64. The molecule has 2 unspecified atom stereocenters. The Hall–Kier alpha value is -0.780. The number of fused-ring (bicyclic) bond motifs is 2. The van der Waals surface area contributed by atoms with Crippen LogP contribution in [-0.2, 0) is 0 Å². The second-order valence-corrected chi connectivity index (χ2v) is 5.66. The Morgan fingerprint density at radius 3 is 2.76 bits per heavy atom. The second kappa shape index (κ2) is 5.25. The van der Waals surface area contributed by atoms with Crippen molar-refractivity contribution in [1.82, 2.24) is 0 Å². The molecule has 2 bridgehead atoms. The van der Waals surface area contributed by atoms with E-state index in [1.54, 1.807) is 11.1 Å². The number of allylic oxidation sites excluding steroid dienone is 6. The van der Waals surface area contributed by atoms with Crippen LogP contribution in [0.15, 0.2) is 35.5 Å². The van der Waals surface area contributed by atoms with Gasteiger partial charge in [0, 0.05) is 5.41 Å². The average Bonchev–Trinajstić information content (AvgIpc) is 2.88. The maximum atomic E-state index is 2.54. The Bertz CT molecular complexity index is 356. The SMILES string of the molecule is CC=C1CC2(C=CCCCC)CC1CC2=CC. The summed E-state index contributed by atoms with van der Waals surface area (Å²) in [5.41, 5.74) is 3.81. The van der Waals surface area contributed by atoms with Gasteiger partial charge >= 0.3 is 0 Å². The summed E-state index contributed by atoms with van der Waals surface area (Å²) in [5.74, 6) is 0.849. The van der Waals surface area contributed by atoms with Crippen molar-refractivity contribution in [2.75, 3.05) is 0 Å². The molecule has 0 heterocycles. The Kier molecular flexibility index (Phi) is 3.91. The maximum absolute atomic E-state index is 2.54. The van der Waals surface area contributed by atoms with Gasteiger partial charge in [0.25, 0.3) is 0 Å². The number of hydrogen-bond donors (Lipinski definition) is 0. The van der Waals surface area contributed by atoms with Crippen molar-refractivity contribution in [2.45, 2.75) is 59.3 Å². The Morgan fingerprint density at radius 1 is 1.29 bits per heavy atom. The van der Waals surface area contributed by atoms with Crippen molar-refractivity contribution in [3.63, 3.8) is 0 Å². The first kappa shape index (κ1) is 12.7. The average molecular weight is 230 g/mol. The fourth-order valence-corrected chi connectivity index (χ4v) is 3.68. The number of hydrogen-bond acceptors (Lipinski definition) is 0. The molecule has 2 atom stereocenters. The van der Waals surface area contributed by atoms with Gasteiger partial charge in [-0.2, -0.15) is 0 Å². The zero-order valence-corrected chi connectivity index (χ0v) is 11.6. The highest BCUT2D eigenvalue weighted by Crippen LogP contribution is 2.60. The summed E-state index contributed by atoms with van der Waals surface area (Å²) in [7, 11) is 0. The number of unbranched alkanes of at least 4 members (excludes halogenated alkanes) is 2. The molecule has 17 heavy (non-hydrogen) atoms. The molecule has 0 spiro atoms. The van der Waals surface area contributed by atoms with Crippen LogP contribution in [0.5, 0.6) is 0 Å². The first-order chi connectivity index (χ1) is 8.25. The van der Waals surface area contributed by atoms with Gasteiger partial charge in [-0.25, -0.2) is 0 Å². The van der Waals surface area contributed by atoms with Crippen LogP contribution in [0.1, 0.15) is 59.3 Å². The molecule has 0 aromatic carbocycles. The van der Waals surface area contributed by atoms with E-state index in [2.05, 4.69) is 45.1 Å². The van der Waals surface area contributed by atoms with Crippen LogP contribution in [0.4, 0.5) is 0 Å². The second-order valence-electron chi connectivity index (χ2n) is 5.66. The van der Waals surface area contributed by atoms with E-state index in [0.29, 0.717) is 5.41 Å². The summed E-state index contributed by atoms with van der Waals surface area (Å²) in [6.07, 6.45) is 17.6. The van der Waals surface area contributed by atoms with Crippen molar-refractivity contribution in [2.24, 2.45) is 11.3 Å². The van der Waals surface area contributed by atoms with Crippen LogP contribution in [0.2, 0.25) is 0 Å². The third kappa shape index (κ3) is 2.27. The Morgan fingerprint density at radius 2 is 2.12 bits per heavy atom. The molecule has 0 saturated heterocycles. The van der Waals surface area contributed by atoms with E-state index in [1.807, 2.05) is 0 Å². The van der Waals surface area contributed by atoms with E-state index in [-0.39, 0.29) is 0 Å². The molecule has 0 amide bonds. The van der Waals surface area contributed by atoms with E-state index < -0.39 is 0 Å². The van der Waals surface area contributed by atoms with Gasteiger partial charge in [0.05, 0.1) is 0 Å². The minimum atomic E-state index is 0.412. The summed E-state index contributed by atoms with van der Waals surface area (Å²) >= 11 is 0. The van der Waals surface area contributed by atoms with Crippen LogP contribution in [0.3, 0.4) is 0 Å². The first-order valence-corrected chi connectivity index (χ1v) is 7.24. The normalized spacial score (nSPS) is 36.8. The molecule has 2 aliphatic carbocycles. The Balaban J connectivity index is 2.13. The summed E-state index contributed by atoms with van der Waals surface area (Å²) in [6, 6.07) is 0. The number of rotatable bonds is 4. The highest BCUT2D eigenvalue weighted by molar-refractivity contribution is 5.39. The Labute approximate surface area is 106 Å². The smallest absolute Gasteiger partial charge is 0.0134 e. The van der Waals surface area contributed by atoms with Crippen molar-refractivity contribution < 1.29 is 0 Å². The van der Waals surface area contributed by atoms with Crippen molar-refractivity contribution >= 4 is 0 Å². The van der Waals surface area contributed by atoms with E-state index >= 15 is 0 Å². The molecule has 0 N–H and O–H groups in total. The molecule has 0 heteroatoms. The molecule has 2 rings (SSSR count). The maximum Gasteiger partial charge on any atom is 0.0134 e. The lowest BCUT2D eigenvalue weighted by molar-refractivity contribution is 0.513. The lowest BCUT2D eigenvalue weighted by Crippen LogP contribution is -2.14. The molecular weight excluding hydrogens is 204 g/mol. The summed E-state index contributed by atoms with van der Waals surface area (Å²) < 4.78 is 0. The predicted molar refractivity (Wildman–Crippen MR) is 76.0 cm³/mol. The van der Waals surface area contributed by atoms with E-state index in [4.69, 9.17) is 0 Å². The van der Waals surface area contributed by atoms with Crippen LogP contribution < -0.4 is 0 Å². The van der Waals surface area contributed by atoms with E-state index in [0.717, 1.165) is 5.92 Å². The lowest BCUT2D eigenvalue weighted by atomic mass is 9.77. The fourth-order valence-electron chi connectivity index (χ4n) is 3.68. The molecule has 0 aromatic heterocycles. The van der Waals surface area contributed by atoms with Gasteiger partial charge in [-0.05, 0) is 45.4 Å². The zero-order chi connectivity index (χ0) is 12.3. The quantitative estimate of drug-likeness (QED) is 0.446. The van der Waals surface area contributed by atoms with Crippen LogP contribution in [0.25, 0.3) is 0 Å². The van der Waals surface area contributed by atoms with Crippen molar-refractivity contribution in [3.05, 3.63) is 35.5 Å². The molecule has 0 aliphatic heterocycles. The van der Waals surface area contributed by atoms with Gasteiger partial charge in [0.1, 0.15) is 0 Å². The van der Waals surface area contributed by atoms with E-state index in [9.17, 15) is 0 Å². The summed E-state index contributed by atoms with van der Waals surface area (Å²) in [5, 5.41) is 0. The summed E-state index contributed by atoms with van der Waals surface area (Å²) in [6.45, 7) is 6.69. The zero-order valence-electron chi connectivity index (χ0n) is 11.6. The van der Waals surface area contributed by atoms with Crippen LogP contribution >= 0.6 is 0 Å². The monoisotopic (exact) mass is 230 g/mol. The van der Waals surface area contributed by atoms with Gasteiger partial charge in [-0.1, -0.05) is 55.2 Å². The van der Waals surface area contributed by atoms with Gasteiger partial charge in [-0.3, -0.25) is 0 Å². The standard InChI is InChI=1S/C17H26/c1-4-7-8-9-10-17-12-14(5-2)15(13-17)11-16(17)6-3/h5-6,9-10,15H,4,7-8,11-13H2,1-3H3. The topological polar surface area (TPSA) is 0 Å².